The summed E-state index contributed by atoms with van der Waals surface area (Å²) in [5.41, 5.74) is 1.21. The van der Waals surface area contributed by atoms with Crippen molar-refractivity contribution in [3.63, 3.8) is 0 Å². The fraction of sp³-hybridized carbons (Fsp3) is 0.167. The summed E-state index contributed by atoms with van der Waals surface area (Å²) in [5.74, 6) is -1.29. The van der Waals surface area contributed by atoms with Gasteiger partial charge in [-0.1, -0.05) is 30.3 Å². The average molecular weight is 498 g/mol. The van der Waals surface area contributed by atoms with Crippen molar-refractivity contribution < 1.29 is 29.0 Å². The van der Waals surface area contributed by atoms with E-state index in [1.165, 1.54) is 24.1 Å². The minimum absolute atomic E-state index is 0.0215. The number of carbonyl (C=O) groups excluding carboxylic acids is 2. The Morgan fingerprint density at radius 1 is 1.16 bits per heavy atom. The highest BCUT2D eigenvalue weighted by atomic mass is 79.9. The molecule has 1 aliphatic heterocycles. The van der Waals surface area contributed by atoms with E-state index in [1.807, 2.05) is 30.3 Å². The van der Waals surface area contributed by atoms with Gasteiger partial charge in [0.15, 0.2) is 23.0 Å². The first-order chi connectivity index (χ1) is 15.3. The SMILES string of the molecule is COc1cc(C2C(C(=O)c3ccc(C)o3)=C(O)C(=O)N2Cc2ccccc2)cc(Br)c1O. The number of aromatic hydroxyl groups is 1. The van der Waals surface area contributed by atoms with Crippen LogP contribution in [0.3, 0.4) is 0 Å². The number of phenols is 1. The molecule has 0 saturated carbocycles. The molecule has 0 radical (unpaired) electrons. The van der Waals surface area contributed by atoms with Crippen LogP contribution in [-0.2, 0) is 11.3 Å². The number of furan rings is 1. The van der Waals surface area contributed by atoms with E-state index in [0.29, 0.717) is 15.8 Å². The summed E-state index contributed by atoms with van der Waals surface area (Å²) in [6, 6.07) is 14.6. The largest absolute Gasteiger partial charge is 0.503 e. The molecule has 0 aliphatic carbocycles. The quantitative estimate of drug-likeness (QED) is 0.472. The lowest BCUT2D eigenvalue weighted by molar-refractivity contribution is -0.130. The molecule has 1 atom stereocenters. The molecule has 0 saturated heterocycles. The zero-order chi connectivity index (χ0) is 23.0. The molecule has 2 N–H and O–H groups in total. The van der Waals surface area contributed by atoms with Gasteiger partial charge >= 0.3 is 0 Å². The molecule has 0 bridgehead atoms. The average Bonchev–Trinajstić information content (AvgIpc) is 3.32. The zero-order valence-electron chi connectivity index (χ0n) is 17.3. The van der Waals surface area contributed by atoms with E-state index in [1.54, 1.807) is 19.1 Å². The first-order valence-electron chi connectivity index (χ1n) is 9.77. The zero-order valence-corrected chi connectivity index (χ0v) is 18.9. The predicted molar refractivity (Wildman–Crippen MR) is 120 cm³/mol. The van der Waals surface area contributed by atoms with Crippen LogP contribution in [-0.4, -0.2) is 33.9 Å². The van der Waals surface area contributed by atoms with Crippen LogP contribution in [0.15, 0.2) is 74.8 Å². The predicted octanol–water partition coefficient (Wildman–Crippen LogP) is 4.84. The molecule has 1 aliphatic rings. The summed E-state index contributed by atoms with van der Waals surface area (Å²) >= 11 is 3.29. The van der Waals surface area contributed by atoms with Gasteiger partial charge in [-0.3, -0.25) is 9.59 Å². The number of nitrogens with zero attached hydrogens (tertiary/aromatic N) is 1. The van der Waals surface area contributed by atoms with Gasteiger partial charge in [-0.15, -0.1) is 0 Å². The molecule has 4 rings (SSSR count). The van der Waals surface area contributed by atoms with E-state index in [0.717, 1.165) is 5.56 Å². The van der Waals surface area contributed by atoms with Gasteiger partial charge in [0, 0.05) is 6.54 Å². The van der Waals surface area contributed by atoms with Crippen molar-refractivity contribution in [2.75, 3.05) is 7.11 Å². The van der Waals surface area contributed by atoms with Gasteiger partial charge in [0.05, 0.1) is 23.2 Å². The summed E-state index contributed by atoms with van der Waals surface area (Å²) in [6.45, 7) is 1.86. The van der Waals surface area contributed by atoms with E-state index in [4.69, 9.17) is 9.15 Å². The summed E-state index contributed by atoms with van der Waals surface area (Å²) in [7, 11) is 1.40. The number of carbonyl (C=O) groups is 2. The molecule has 2 heterocycles. The normalized spacial score (nSPS) is 16.0. The number of benzene rings is 2. The van der Waals surface area contributed by atoms with Gasteiger partial charge in [-0.25, -0.2) is 0 Å². The molecule has 8 heteroatoms. The number of Topliss-reactive ketones (excluding diaryl/α,β-unsaturated/α-hetero) is 1. The van der Waals surface area contributed by atoms with Crippen LogP contribution in [0.4, 0.5) is 0 Å². The fourth-order valence-electron chi connectivity index (χ4n) is 3.77. The molecule has 7 nitrogen and oxygen atoms in total. The number of ether oxygens (including phenoxy) is 1. The highest BCUT2D eigenvalue weighted by Gasteiger charge is 2.45. The maximum Gasteiger partial charge on any atom is 0.290 e. The second-order valence-electron chi connectivity index (χ2n) is 7.38. The Bertz CT molecular complexity index is 1230. The number of aliphatic hydroxyl groups is 1. The second-order valence-corrected chi connectivity index (χ2v) is 8.23. The topological polar surface area (TPSA) is 100 Å². The Morgan fingerprint density at radius 3 is 2.50 bits per heavy atom. The van der Waals surface area contributed by atoms with Gasteiger partial charge in [-0.2, -0.15) is 0 Å². The minimum atomic E-state index is -0.925. The van der Waals surface area contributed by atoms with Gasteiger partial charge in [-0.05, 0) is 58.2 Å². The molecule has 32 heavy (non-hydrogen) atoms. The van der Waals surface area contributed by atoms with Crippen LogP contribution in [0.25, 0.3) is 0 Å². The number of aryl methyl sites for hydroxylation is 1. The smallest absolute Gasteiger partial charge is 0.290 e. The molecule has 2 aromatic carbocycles. The van der Waals surface area contributed by atoms with Crippen molar-refractivity contribution >= 4 is 27.6 Å². The third-order valence-corrected chi connectivity index (χ3v) is 5.90. The number of halogens is 1. The Kier molecular flexibility index (Phi) is 5.80. The summed E-state index contributed by atoms with van der Waals surface area (Å²) in [6.07, 6.45) is 0. The van der Waals surface area contributed by atoms with Crippen LogP contribution in [0.1, 0.15) is 33.5 Å². The lowest BCUT2D eigenvalue weighted by Gasteiger charge is -2.27. The first-order valence-corrected chi connectivity index (χ1v) is 10.6. The molecule has 0 spiro atoms. The van der Waals surface area contributed by atoms with E-state index >= 15 is 0 Å². The molecular formula is C24H20BrNO6. The highest BCUT2D eigenvalue weighted by molar-refractivity contribution is 9.10. The van der Waals surface area contributed by atoms with Gasteiger partial charge in [0.1, 0.15) is 5.76 Å². The van der Waals surface area contributed by atoms with E-state index in [-0.39, 0.29) is 29.4 Å². The number of hydrogen-bond acceptors (Lipinski definition) is 6. The maximum absolute atomic E-state index is 13.3. The van der Waals surface area contributed by atoms with Crippen molar-refractivity contribution in [3.05, 3.63) is 93.0 Å². The monoisotopic (exact) mass is 497 g/mol. The Hall–Kier alpha value is -3.52. The standard InChI is InChI=1S/C24H20BrNO6/c1-13-8-9-17(32-13)22(28)19-20(15-10-16(25)21(27)18(11-15)31-2)26(24(30)23(19)29)12-14-6-4-3-5-7-14/h3-11,20,27,29H,12H2,1-2H3. The molecular weight excluding hydrogens is 478 g/mol. The van der Waals surface area contributed by atoms with Crippen LogP contribution in [0.5, 0.6) is 11.5 Å². The van der Waals surface area contributed by atoms with Crippen LogP contribution >= 0.6 is 15.9 Å². The second kappa shape index (κ2) is 8.55. The Labute approximate surface area is 192 Å². The van der Waals surface area contributed by atoms with Crippen molar-refractivity contribution in [1.29, 1.82) is 0 Å². The number of hydrogen-bond donors (Lipinski definition) is 2. The number of phenolic OH excluding ortho intramolecular Hbond substituents is 1. The minimum Gasteiger partial charge on any atom is -0.503 e. The van der Waals surface area contributed by atoms with Gasteiger partial charge in [0.2, 0.25) is 5.78 Å². The van der Waals surface area contributed by atoms with E-state index in [9.17, 15) is 19.8 Å². The van der Waals surface area contributed by atoms with Crippen LogP contribution < -0.4 is 4.74 Å². The molecule has 1 aromatic heterocycles. The van der Waals surface area contributed by atoms with Crippen molar-refractivity contribution in [2.24, 2.45) is 0 Å². The fourth-order valence-corrected chi connectivity index (χ4v) is 4.23. The summed E-state index contributed by atoms with van der Waals surface area (Å²) in [5, 5.41) is 21.0. The molecule has 1 amide bonds. The molecule has 3 aromatic rings. The van der Waals surface area contributed by atoms with Crippen LogP contribution in [0, 0.1) is 6.92 Å². The summed E-state index contributed by atoms with van der Waals surface area (Å²) in [4.78, 5) is 27.8. The molecule has 0 fully saturated rings. The number of amides is 1. The number of rotatable bonds is 6. The maximum atomic E-state index is 13.3. The van der Waals surface area contributed by atoms with Gasteiger partial charge in [0.25, 0.3) is 5.91 Å². The lowest BCUT2D eigenvalue weighted by Crippen LogP contribution is -2.30. The number of ketones is 1. The van der Waals surface area contributed by atoms with Gasteiger partial charge < -0.3 is 24.3 Å². The molecule has 164 valence electrons. The number of aliphatic hydroxyl groups excluding tert-OH is 1. The van der Waals surface area contributed by atoms with Crippen molar-refractivity contribution in [3.8, 4) is 11.5 Å². The van der Waals surface area contributed by atoms with E-state index in [2.05, 4.69) is 15.9 Å². The third-order valence-electron chi connectivity index (χ3n) is 5.29. The van der Waals surface area contributed by atoms with E-state index < -0.39 is 23.5 Å². The summed E-state index contributed by atoms with van der Waals surface area (Å²) < 4.78 is 11.0. The van der Waals surface area contributed by atoms with Crippen molar-refractivity contribution in [1.82, 2.24) is 4.90 Å². The Balaban J connectivity index is 1.86. The van der Waals surface area contributed by atoms with Crippen LogP contribution in [0.2, 0.25) is 0 Å². The third kappa shape index (κ3) is 3.78. The van der Waals surface area contributed by atoms with Crippen molar-refractivity contribution in [2.45, 2.75) is 19.5 Å². The number of methoxy groups -OCH3 is 1. The first kappa shape index (κ1) is 21.7. The molecule has 1 unspecified atom stereocenters. The Morgan fingerprint density at radius 2 is 1.88 bits per heavy atom. The lowest BCUT2D eigenvalue weighted by atomic mass is 9.94. The highest BCUT2D eigenvalue weighted by Crippen LogP contribution is 2.44.